The van der Waals surface area contributed by atoms with Crippen molar-refractivity contribution in [2.24, 2.45) is 0 Å². The average Bonchev–Trinajstić information content (AvgIpc) is 3.29. The lowest BCUT2D eigenvalue weighted by atomic mass is 10.1. The molecule has 1 aliphatic carbocycles. The normalized spacial score (nSPS) is 14.5. The van der Waals surface area contributed by atoms with Crippen molar-refractivity contribution in [1.82, 2.24) is 9.55 Å². The maximum Gasteiger partial charge on any atom is 0.142 e. The lowest BCUT2D eigenvalue weighted by Gasteiger charge is -2.08. The SMILES string of the molecule is CCCCCCc1nc(-c2ccccc2)n(C2CC2)c1N. The molecule has 0 bridgehead atoms. The highest BCUT2D eigenvalue weighted by Gasteiger charge is 2.29. The lowest BCUT2D eigenvalue weighted by Crippen LogP contribution is -2.03. The van der Waals surface area contributed by atoms with Crippen LogP contribution in [0.1, 0.15) is 57.2 Å². The van der Waals surface area contributed by atoms with Crippen LogP contribution in [0.15, 0.2) is 30.3 Å². The zero-order chi connectivity index (χ0) is 14.7. The van der Waals surface area contributed by atoms with Gasteiger partial charge in [-0.25, -0.2) is 4.98 Å². The van der Waals surface area contributed by atoms with Gasteiger partial charge in [0.15, 0.2) is 0 Å². The van der Waals surface area contributed by atoms with Gasteiger partial charge in [-0.1, -0.05) is 56.5 Å². The highest BCUT2D eigenvalue weighted by atomic mass is 15.2. The van der Waals surface area contributed by atoms with E-state index in [1.807, 2.05) is 6.07 Å². The Hall–Kier alpha value is -1.77. The molecule has 1 heterocycles. The average molecular weight is 283 g/mol. The summed E-state index contributed by atoms with van der Waals surface area (Å²) in [4.78, 5) is 4.88. The maximum atomic E-state index is 6.40. The van der Waals surface area contributed by atoms with Gasteiger partial charge in [0.05, 0.1) is 5.69 Å². The topological polar surface area (TPSA) is 43.8 Å². The van der Waals surface area contributed by atoms with Crippen LogP contribution >= 0.6 is 0 Å². The van der Waals surface area contributed by atoms with Gasteiger partial charge in [0.1, 0.15) is 11.6 Å². The predicted molar refractivity (Wildman–Crippen MR) is 88.2 cm³/mol. The van der Waals surface area contributed by atoms with E-state index in [2.05, 4.69) is 35.8 Å². The molecule has 2 aromatic rings. The van der Waals surface area contributed by atoms with E-state index < -0.39 is 0 Å². The number of anilines is 1. The number of nitrogens with zero attached hydrogens (tertiary/aromatic N) is 2. The third kappa shape index (κ3) is 3.12. The van der Waals surface area contributed by atoms with Gasteiger partial charge in [-0.15, -0.1) is 0 Å². The van der Waals surface area contributed by atoms with E-state index in [0.29, 0.717) is 6.04 Å². The molecule has 0 amide bonds. The highest BCUT2D eigenvalue weighted by molar-refractivity contribution is 5.61. The molecule has 0 radical (unpaired) electrons. The molecule has 0 spiro atoms. The van der Waals surface area contributed by atoms with Crippen LogP contribution in [0.5, 0.6) is 0 Å². The molecule has 1 saturated carbocycles. The number of hydrogen-bond acceptors (Lipinski definition) is 2. The molecule has 21 heavy (non-hydrogen) atoms. The zero-order valence-electron chi connectivity index (χ0n) is 12.9. The highest BCUT2D eigenvalue weighted by Crippen LogP contribution is 2.41. The first-order chi connectivity index (χ1) is 10.3. The molecule has 3 nitrogen and oxygen atoms in total. The molecule has 1 aliphatic rings. The minimum atomic E-state index is 0.567. The molecule has 3 heteroatoms. The predicted octanol–water partition coefficient (Wildman–Crippen LogP) is 4.59. The molecule has 1 aromatic heterocycles. The van der Waals surface area contributed by atoms with E-state index in [1.54, 1.807) is 0 Å². The summed E-state index contributed by atoms with van der Waals surface area (Å²) in [6, 6.07) is 11.0. The minimum Gasteiger partial charge on any atom is -0.384 e. The second kappa shape index (κ2) is 6.33. The lowest BCUT2D eigenvalue weighted by molar-refractivity contribution is 0.662. The Morgan fingerprint density at radius 2 is 1.90 bits per heavy atom. The number of imidazole rings is 1. The number of nitrogens with two attached hydrogens (primary N) is 1. The number of aromatic nitrogens is 2. The molecule has 112 valence electrons. The molecule has 2 N–H and O–H groups in total. The van der Waals surface area contributed by atoms with Crippen molar-refractivity contribution in [3.63, 3.8) is 0 Å². The molecular weight excluding hydrogens is 258 g/mol. The van der Waals surface area contributed by atoms with Gasteiger partial charge < -0.3 is 10.3 Å². The van der Waals surface area contributed by atoms with Crippen molar-refractivity contribution in [2.75, 3.05) is 5.73 Å². The third-order valence-corrected chi connectivity index (χ3v) is 4.24. The number of unbranched alkanes of at least 4 members (excludes halogenated alkanes) is 3. The number of nitrogen functional groups attached to an aromatic ring is 1. The summed E-state index contributed by atoms with van der Waals surface area (Å²) in [5.74, 6) is 1.95. The molecule has 1 fully saturated rings. The van der Waals surface area contributed by atoms with Gasteiger partial charge in [-0.05, 0) is 25.7 Å². The van der Waals surface area contributed by atoms with Crippen molar-refractivity contribution in [2.45, 2.75) is 57.9 Å². The third-order valence-electron chi connectivity index (χ3n) is 4.24. The summed E-state index contributed by atoms with van der Waals surface area (Å²) in [6.45, 7) is 2.24. The van der Waals surface area contributed by atoms with Crippen LogP contribution in [-0.2, 0) is 6.42 Å². The fourth-order valence-corrected chi connectivity index (χ4v) is 2.89. The van der Waals surface area contributed by atoms with Gasteiger partial charge in [0.25, 0.3) is 0 Å². The Bertz CT molecular complexity index is 582. The van der Waals surface area contributed by atoms with Crippen LogP contribution in [0, 0.1) is 0 Å². The van der Waals surface area contributed by atoms with E-state index in [9.17, 15) is 0 Å². The van der Waals surface area contributed by atoms with Crippen LogP contribution in [0.25, 0.3) is 11.4 Å². The molecule has 3 rings (SSSR count). The summed E-state index contributed by atoms with van der Waals surface area (Å²) in [6.07, 6.45) is 8.49. The smallest absolute Gasteiger partial charge is 0.142 e. The van der Waals surface area contributed by atoms with E-state index >= 15 is 0 Å². The molecule has 1 aromatic carbocycles. The Labute approximate surface area is 127 Å². The number of benzene rings is 1. The van der Waals surface area contributed by atoms with Crippen molar-refractivity contribution in [1.29, 1.82) is 0 Å². The summed E-state index contributed by atoms with van der Waals surface area (Å²) < 4.78 is 2.27. The molecule has 0 atom stereocenters. The quantitative estimate of drug-likeness (QED) is 0.755. The van der Waals surface area contributed by atoms with Gasteiger partial charge in [-0.3, -0.25) is 0 Å². The minimum absolute atomic E-state index is 0.567. The Balaban J connectivity index is 1.85. The van der Waals surface area contributed by atoms with Crippen molar-refractivity contribution >= 4 is 5.82 Å². The van der Waals surface area contributed by atoms with Crippen LogP contribution in [0.4, 0.5) is 5.82 Å². The largest absolute Gasteiger partial charge is 0.384 e. The van der Waals surface area contributed by atoms with Gasteiger partial charge >= 0.3 is 0 Å². The molecular formula is C18H25N3. The van der Waals surface area contributed by atoms with E-state index in [0.717, 1.165) is 23.8 Å². The second-order valence-corrected chi connectivity index (χ2v) is 6.05. The van der Waals surface area contributed by atoms with Crippen LogP contribution in [0.3, 0.4) is 0 Å². The van der Waals surface area contributed by atoms with Crippen LogP contribution < -0.4 is 5.73 Å². The monoisotopic (exact) mass is 283 g/mol. The first-order valence-corrected chi connectivity index (χ1v) is 8.23. The number of aryl methyl sites for hydroxylation is 1. The fraction of sp³-hybridized carbons (Fsp3) is 0.500. The Kier molecular flexibility index (Phi) is 4.28. The van der Waals surface area contributed by atoms with Gasteiger partial charge in [0.2, 0.25) is 0 Å². The summed E-state index contributed by atoms with van der Waals surface area (Å²) in [5, 5.41) is 0. The Morgan fingerprint density at radius 3 is 2.57 bits per heavy atom. The molecule has 0 aliphatic heterocycles. The summed E-state index contributed by atoms with van der Waals surface area (Å²) in [7, 11) is 0. The summed E-state index contributed by atoms with van der Waals surface area (Å²) in [5.41, 5.74) is 8.67. The first kappa shape index (κ1) is 14.2. The molecule has 0 unspecified atom stereocenters. The first-order valence-electron chi connectivity index (χ1n) is 8.23. The van der Waals surface area contributed by atoms with E-state index in [1.165, 1.54) is 44.1 Å². The van der Waals surface area contributed by atoms with Gasteiger partial charge in [0, 0.05) is 11.6 Å². The Morgan fingerprint density at radius 1 is 1.14 bits per heavy atom. The summed E-state index contributed by atoms with van der Waals surface area (Å²) >= 11 is 0. The van der Waals surface area contributed by atoms with Crippen molar-refractivity contribution in [3.8, 4) is 11.4 Å². The van der Waals surface area contributed by atoms with E-state index in [-0.39, 0.29) is 0 Å². The maximum absolute atomic E-state index is 6.40. The zero-order valence-corrected chi connectivity index (χ0v) is 12.9. The second-order valence-electron chi connectivity index (χ2n) is 6.05. The number of hydrogen-bond donors (Lipinski definition) is 1. The van der Waals surface area contributed by atoms with Gasteiger partial charge in [-0.2, -0.15) is 0 Å². The van der Waals surface area contributed by atoms with Crippen LogP contribution in [-0.4, -0.2) is 9.55 Å². The molecule has 0 saturated heterocycles. The standard InChI is InChI=1S/C18H25N3/c1-2-3-4-8-11-16-17(19)21(15-12-13-15)18(20-16)14-9-6-5-7-10-14/h5-7,9-10,15H,2-4,8,11-13,19H2,1H3. The number of rotatable bonds is 7. The van der Waals surface area contributed by atoms with Crippen molar-refractivity contribution < 1.29 is 0 Å². The fourth-order valence-electron chi connectivity index (χ4n) is 2.89. The van der Waals surface area contributed by atoms with E-state index in [4.69, 9.17) is 10.7 Å². The van der Waals surface area contributed by atoms with Crippen molar-refractivity contribution in [3.05, 3.63) is 36.0 Å². The van der Waals surface area contributed by atoms with Crippen LogP contribution in [0.2, 0.25) is 0 Å².